The second kappa shape index (κ2) is 4.41. The van der Waals surface area contributed by atoms with Crippen LogP contribution >= 0.6 is 0 Å². The SMILES string of the molecule is CC(C(=O)OC(C)(C)C)C(N)C(=O)O. The van der Waals surface area contributed by atoms with Crippen molar-refractivity contribution in [3.63, 3.8) is 0 Å². The first-order chi connectivity index (χ1) is 6.15. The number of carbonyl (C=O) groups is 2. The number of aliphatic carboxylic acids is 1. The van der Waals surface area contributed by atoms with Crippen LogP contribution in [0.1, 0.15) is 27.7 Å². The molecule has 0 saturated carbocycles. The largest absolute Gasteiger partial charge is 0.480 e. The maximum Gasteiger partial charge on any atom is 0.321 e. The minimum atomic E-state index is -1.22. The second-order valence-electron chi connectivity index (χ2n) is 4.19. The van der Waals surface area contributed by atoms with E-state index in [9.17, 15) is 9.59 Å². The first-order valence-corrected chi connectivity index (χ1v) is 4.36. The Morgan fingerprint density at radius 2 is 1.79 bits per heavy atom. The van der Waals surface area contributed by atoms with Crippen molar-refractivity contribution < 1.29 is 19.4 Å². The Bertz CT molecular complexity index is 231. The van der Waals surface area contributed by atoms with Gasteiger partial charge in [-0.2, -0.15) is 0 Å². The van der Waals surface area contributed by atoms with Crippen molar-refractivity contribution in [2.24, 2.45) is 11.7 Å². The Morgan fingerprint density at radius 1 is 1.36 bits per heavy atom. The quantitative estimate of drug-likeness (QED) is 0.647. The van der Waals surface area contributed by atoms with Crippen molar-refractivity contribution in [3.05, 3.63) is 0 Å². The molecule has 0 aliphatic carbocycles. The number of ether oxygens (including phenoxy) is 1. The van der Waals surface area contributed by atoms with Crippen LogP contribution in [0.4, 0.5) is 0 Å². The summed E-state index contributed by atoms with van der Waals surface area (Å²) in [7, 11) is 0. The van der Waals surface area contributed by atoms with Gasteiger partial charge >= 0.3 is 11.9 Å². The van der Waals surface area contributed by atoms with Gasteiger partial charge in [-0.3, -0.25) is 9.59 Å². The fraction of sp³-hybridized carbons (Fsp3) is 0.778. The highest BCUT2D eigenvalue weighted by molar-refractivity contribution is 5.83. The van der Waals surface area contributed by atoms with Crippen LogP contribution in [0.5, 0.6) is 0 Å². The highest BCUT2D eigenvalue weighted by atomic mass is 16.6. The summed E-state index contributed by atoms with van der Waals surface area (Å²) in [6.07, 6.45) is 0. The van der Waals surface area contributed by atoms with Crippen LogP contribution in [0.3, 0.4) is 0 Å². The Balaban J connectivity index is 4.33. The molecule has 0 aliphatic rings. The normalized spacial score (nSPS) is 15.8. The van der Waals surface area contributed by atoms with E-state index in [-0.39, 0.29) is 0 Å². The van der Waals surface area contributed by atoms with Crippen LogP contribution in [0.2, 0.25) is 0 Å². The Kier molecular flexibility index (Phi) is 4.07. The highest BCUT2D eigenvalue weighted by Gasteiger charge is 2.30. The fourth-order valence-corrected chi connectivity index (χ4v) is 0.755. The third kappa shape index (κ3) is 4.23. The maximum atomic E-state index is 11.3. The lowest BCUT2D eigenvalue weighted by Gasteiger charge is -2.23. The van der Waals surface area contributed by atoms with Gasteiger partial charge in [-0.15, -0.1) is 0 Å². The van der Waals surface area contributed by atoms with E-state index in [4.69, 9.17) is 15.6 Å². The Labute approximate surface area is 83.2 Å². The van der Waals surface area contributed by atoms with E-state index in [1.807, 2.05) is 0 Å². The molecule has 0 aromatic heterocycles. The lowest BCUT2D eigenvalue weighted by molar-refractivity contribution is -0.163. The van der Waals surface area contributed by atoms with Crippen LogP contribution < -0.4 is 5.73 Å². The van der Waals surface area contributed by atoms with Crippen molar-refractivity contribution in [3.8, 4) is 0 Å². The number of nitrogens with two attached hydrogens (primary N) is 1. The smallest absolute Gasteiger partial charge is 0.321 e. The van der Waals surface area contributed by atoms with E-state index < -0.39 is 29.5 Å². The molecule has 0 amide bonds. The summed E-state index contributed by atoms with van der Waals surface area (Å²) in [6, 6.07) is -1.22. The molecule has 14 heavy (non-hydrogen) atoms. The molecule has 5 heteroatoms. The van der Waals surface area contributed by atoms with Gasteiger partial charge in [0.25, 0.3) is 0 Å². The van der Waals surface area contributed by atoms with Gasteiger partial charge in [0.15, 0.2) is 0 Å². The lowest BCUT2D eigenvalue weighted by Crippen LogP contribution is -2.42. The average Bonchev–Trinajstić information content (AvgIpc) is 1.98. The molecule has 3 N–H and O–H groups in total. The van der Waals surface area contributed by atoms with E-state index in [0.717, 1.165) is 0 Å². The molecular formula is C9H17NO4. The molecule has 0 radical (unpaired) electrons. The monoisotopic (exact) mass is 203 g/mol. The number of hydrogen-bond acceptors (Lipinski definition) is 4. The van der Waals surface area contributed by atoms with Gasteiger partial charge in [0.2, 0.25) is 0 Å². The van der Waals surface area contributed by atoms with E-state index in [1.54, 1.807) is 20.8 Å². The summed E-state index contributed by atoms with van der Waals surface area (Å²) in [5.41, 5.74) is 4.66. The predicted molar refractivity (Wildman–Crippen MR) is 50.6 cm³/mol. The highest BCUT2D eigenvalue weighted by Crippen LogP contribution is 2.12. The number of rotatable bonds is 3. The minimum absolute atomic E-state index is 0.590. The van der Waals surface area contributed by atoms with Crippen molar-refractivity contribution in [2.45, 2.75) is 39.3 Å². The second-order valence-corrected chi connectivity index (χ2v) is 4.19. The number of carbonyl (C=O) groups excluding carboxylic acids is 1. The average molecular weight is 203 g/mol. The summed E-state index contributed by atoms with van der Waals surface area (Å²) in [4.78, 5) is 21.8. The lowest BCUT2D eigenvalue weighted by atomic mass is 10.0. The summed E-state index contributed by atoms with van der Waals surface area (Å²) in [5.74, 6) is -2.64. The predicted octanol–water partition coefficient (Wildman–Crippen LogP) is 0.376. The maximum absolute atomic E-state index is 11.3. The van der Waals surface area contributed by atoms with Crippen LogP contribution in [0.25, 0.3) is 0 Å². The number of hydrogen-bond donors (Lipinski definition) is 2. The summed E-state index contributed by atoms with van der Waals surface area (Å²) < 4.78 is 4.99. The minimum Gasteiger partial charge on any atom is -0.480 e. The zero-order valence-electron chi connectivity index (χ0n) is 8.90. The zero-order valence-corrected chi connectivity index (χ0v) is 8.90. The van der Waals surface area contributed by atoms with E-state index in [1.165, 1.54) is 6.92 Å². The van der Waals surface area contributed by atoms with Crippen LogP contribution in [-0.2, 0) is 14.3 Å². The molecule has 0 rings (SSSR count). The molecule has 0 aliphatic heterocycles. The van der Waals surface area contributed by atoms with Gasteiger partial charge in [-0.1, -0.05) is 0 Å². The van der Waals surface area contributed by atoms with Crippen molar-refractivity contribution >= 4 is 11.9 Å². The molecule has 5 nitrogen and oxygen atoms in total. The molecule has 0 heterocycles. The molecule has 0 spiro atoms. The van der Waals surface area contributed by atoms with Crippen molar-refractivity contribution in [1.29, 1.82) is 0 Å². The van der Waals surface area contributed by atoms with Gasteiger partial charge in [0.05, 0.1) is 5.92 Å². The molecule has 2 atom stereocenters. The first kappa shape index (κ1) is 12.9. The third-order valence-electron chi connectivity index (χ3n) is 1.60. The topological polar surface area (TPSA) is 89.6 Å². The molecule has 0 fully saturated rings. The number of carboxylic acid groups (broad SMARTS) is 1. The van der Waals surface area contributed by atoms with Gasteiger partial charge in [-0.05, 0) is 27.7 Å². The summed E-state index contributed by atoms with van der Waals surface area (Å²) in [6.45, 7) is 6.57. The first-order valence-electron chi connectivity index (χ1n) is 4.36. The molecule has 0 aromatic carbocycles. The Hall–Kier alpha value is -1.10. The molecule has 82 valence electrons. The van der Waals surface area contributed by atoms with E-state index >= 15 is 0 Å². The third-order valence-corrected chi connectivity index (χ3v) is 1.60. The van der Waals surface area contributed by atoms with Crippen LogP contribution in [0, 0.1) is 5.92 Å². The molecule has 0 aromatic rings. The van der Waals surface area contributed by atoms with Crippen molar-refractivity contribution in [1.82, 2.24) is 0 Å². The number of carboxylic acids is 1. The fourth-order valence-electron chi connectivity index (χ4n) is 0.755. The van der Waals surface area contributed by atoms with Crippen molar-refractivity contribution in [2.75, 3.05) is 0 Å². The zero-order chi connectivity index (χ0) is 11.5. The van der Waals surface area contributed by atoms with Crippen LogP contribution in [0.15, 0.2) is 0 Å². The van der Waals surface area contributed by atoms with Gasteiger partial charge in [0.1, 0.15) is 11.6 Å². The van der Waals surface area contributed by atoms with Gasteiger partial charge in [0, 0.05) is 0 Å². The van der Waals surface area contributed by atoms with E-state index in [0.29, 0.717) is 0 Å². The molecular weight excluding hydrogens is 186 g/mol. The Morgan fingerprint density at radius 3 is 2.07 bits per heavy atom. The summed E-state index contributed by atoms with van der Waals surface area (Å²) in [5, 5.41) is 8.57. The standard InChI is InChI=1S/C9H17NO4/c1-5(6(10)7(11)12)8(13)14-9(2,3)4/h5-6H,10H2,1-4H3,(H,11,12). The number of esters is 1. The van der Waals surface area contributed by atoms with Gasteiger partial charge in [-0.25, -0.2) is 0 Å². The van der Waals surface area contributed by atoms with E-state index in [2.05, 4.69) is 0 Å². The molecule has 0 saturated heterocycles. The molecule has 0 bridgehead atoms. The summed E-state index contributed by atoms with van der Waals surface area (Å²) >= 11 is 0. The van der Waals surface area contributed by atoms with Crippen LogP contribution in [-0.4, -0.2) is 28.7 Å². The van der Waals surface area contributed by atoms with Gasteiger partial charge < -0.3 is 15.6 Å². The molecule has 2 unspecified atom stereocenters.